The zero-order valence-electron chi connectivity index (χ0n) is 22.6. The lowest BCUT2D eigenvalue weighted by molar-refractivity contribution is -0.141. The molecule has 3 amide bonds. The van der Waals surface area contributed by atoms with Crippen LogP contribution in [-0.2, 0) is 20.9 Å². The molecule has 208 valence electrons. The highest BCUT2D eigenvalue weighted by molar-refractivity contribution is 9.09. The second-order valence-corrected chi connectivity index (χ2v) is 12.6. The number of aromatic nitrogens is 1. The molecule has 0 saturated carbocycles. The van der Waals surface area contributed by atoms with Crippen LogP contribution >= 0.6 is 27.3 Å². The summed E-state index contributed by atoms with van der Waals surface area (Å²) in [4.78, 5) is 45.9. The van der Waals surface area contributed by atoms with Crippen LogP contribution in [0.5, 0.6) is 0 Å². The number of β-amino-alcohol motifs (C(OH)–C–C–N with tert-alkyl or cyclic N) is 1. The first kappa shape index (κ1) is 30.2. The second kappa shape index (κ2) is 13.7. The molecule has 2 heterocycles. The number of unbranched alkanes of at least 4 members (excludes halogenated alkanes) is 1. The predicted octanol–water partition coefficient (Wildman–Crippen LogP) is 4.18. The molecule has 3 atom stereocenters. The van der Waals surface area contributed by atoms with Crippen molar-refractivity contribution in [3.05, 3.63) is 41.0 Å². The molecule has 8 nitrogen and oxygen atoms in total. The monoisotopic (exact) mass is 606 g/mol. The molecule has 0 bridgehead atoms. The van der Waals surface area contributed by atoms with Crippen LogP contribution in [0.4, 0.5) is 0 Å². The quantitative estimate of drug-likeness (QED) is 0.262. The zero-order valence-corrected chi connectivity index (χ0v) is 25.0. The number of amides is 3. The minimum absolute atomic E-state index is 0.0942. The van der Waals surface area contributed by atoms with Crippen molar-refractivity contribution in [1.29, 1.82) is 0 Å². The average Bonchev–Trinajstić information content (AvgIpc) is 3.45. The van der Waals surface area contributed by atoms with Crippen LogP contribution in [0, 0.1) is 12.3 Å². The molecule has 1 aromatic heterocycles. The fourth-order valence-electron chi connectivity index (χ4n) is 4.62. The highest BCUT2D eigenvalue weighted by Crippen LogP contribution is 2.28. The number of carbonyl (C=O) groups is 3. The number of carbonyl (C=O) groups excluding carboxylic acids is 3. The van der Waals surface area contributed by atoms with Gasteiger partial charge in [-0.3, -0.25) is 14.4 Å². The Labute approximate surface area is 237 Å². The van der Waals surface area contributed by atoms with Gasteiger partial charge in [0.2, 0.25) is 17.7 Å². The summed E-state index contributed by atoms with van der Waals surface area (Å²) in [6.07, 6.45) is 1.70. The summed E-state index contributed by atoms with van der Waals surface area (Å²) in [5, 5.41) is 17.0. The number of aliphatic hydroxyl groups is 1. The maximum atomic E-state index is 13.6. The third-order valence-corrected chi connectivity index (χ3v) is 8.29. The van der Waals surface area contributed by atoms with Gasteiger partial charge >= 0.3 is 0 Å². The largest absolute Gasteiger partial charge is 0.391 e. The number of thiazole rings is 1. The summed E-state index contributed by atoms with van der Waals surface area (Å²) in [5.41, 5.74) is 4.37. The summed E-state index contributed by atoms with van der Waals surface area (Å²) >= 11 is 4.97. The van der Waals surface area contributed by atoms with Gasteiger partial charge in [0.15, 0.2) is 0 Å². The van der Waals surface area contributed by atoms with Crippen molar-refractivity contribution >= 4 is 45.0 Å². The minimum atomic E-state index is -0.740. The summed E-state index contributed by atoms with van der Waals surface area (Å²) in [6.45, 7) is 8.23. The van der Waals surface area contributed by atoms with Crippen LogP contribution in [0.25, 0.3) is 10.4 Å². The molecule has 1 saturated heterocycles. The van der Waals surface area contributed by atoms with Gasteiger partial charge in [-0.25, -0.2) is 4.98 Å². The van der Waals surface area contributed by atoms with Crippen LogP contribution in [0.2, 0.25) is 0 Å². The van der Waals surface area contributed by atoms with Crippen molar-refractivity contribution in [3.63, 3.8) is 0 Å². The van der Waals surface area contributed by atoms with Gasteiger partial charge < -0.3 is 20.6 Å². The number of hydrogen-bond donors (Lipinski definition) is 3. The molecule has 2 aromatic rings. The van der Waals surface area contributed by atoms with Crippen LogP contribution in [0.15, 0.2) is 29.8 Å². The van der Waals surface area contributed by atoms with Gasteiger partial charge in [0.05, 0.1) is 22.2 Å². The number of nitrogens with one attached hydrogen (secondary N) is 2. The van der Waals surface area contributed by atoms with Gasteiger partial charge in [0.25, 0.3) is 0 Å². The average molecular weight is 608 g/mol. The van der Waals surface area contributed by atoms with Gasteiger partial charge in [-0.05, 0) is 42.7 Å². The van der Waals surface area contributed by atoms with E-state index in [0.29, 0.717) is 19.4 Å². The lowest BCUT2D eigenvalue weighted by Gasteiger charge is -2.35. The predicted molar refractivity (Wildman–Crippen MR) is 154 cm³/mol. The Kier molecular flexibility index (Phi) is 10.9. The van der Waals surface area contributed by atoms with Crippen molar-refractivity contribution in [2.75, 3.05) is 11.9 Å². The van der Waals surface area contributed by atoms with E-state index >= 15 is 0 Å². The van der Waals surface area contributed by atoms with E-state index in [1.807, 2.05) is 57.5 Å². The zero-order chi connectivity index (χ0) is 27.9. The van der Waals surface area contributed by atoms with E-state index in [1.165, 1.54) is 0 Å². The molecular formula is C28H39BrN4O4S. The van der Waals surface area contributed by atoms with Crippen molar-refractivity contribution in [2.45, 2.75) is 84.5 Å². The molecule has 0 radical (unpaired) electrons. The number of rotatable bonds is 11. The minimum Gasteiger partial charge on any atom is -0.391 e. The number of hydrogen-bond acceptors (Lipinski definition) is 6. The van der Waals surface area contributed by atoms with Crippen molar-refractivity contribution in [3.8, 4) is 10.4 Å². The topological polar surface area (TPSA) is 112 Å². The Hall–Kier alpha value is -2.30. The van der Waals surface area contributed by atoms with Gasteiger partial charge in [-0.2, -0.15) is 0 Å². The molecule has 1 fully saturated rings. The van der Waals surface area contributed by atoms with Gasteiger partial charge in [0, 0.05) is 37.3 Å². The third-order valence-electron chi connectivity index (χ3n) is 6.75. The molecule has 3 N–H and O–H groups in total. The third kappa shape index (κ3) is 8.35. The fraction of sp³-hybridized carbons (Fsp3) is 0.571. The first-order chi connectivity index (χ1) is 18.0. The summed E-state index contributed by atoms with van der Waals surface area (Å²) in [5.74, 6) is -0.602. The van der Waals surface area contributed by atoms with E-state index in [4.69, 9.17) is 0 Å². The highest BCUT2D eigenvalue weighted by atomic mass is 79.9. The van der Waals surface area contributed by atoms with Crippen molar-refractivity contribution < 1.29 is 19.5 Å². The maximum absolute atomic E-state index is 13.6. The Bertz CT molecular complexity index is 1100. The molecule has 3 rings (SSSR count). The molecule has 1 aliphatic rings. The molecule has 0 aliphatic carbocycles. The van der Waals surface area contributed by atoms with Crippen LogP contribution in [-0.4, -0.2) is 62.8 Å². The summed E-state index contributed by atoms with van der Waals surface area (Å²) < 4.78 is 0. The van der Waals surface area contributed by atoms with Crippen LogP contribution in [0.1, 0.15) is 64.1 Å². The van der Waals surface area contributed by atoms with Crippen molar-refractivity contribution in [2.24, 2.45) is 5.41 Å². The Balaban J connectivity index is 1.59. The molecule has 10 heteroatoms. The van der Waals surface area contributed by atoms with Gasteiger partial charge in [0.1, 0.15) is 6.04 Å². The highest BCUT2D eigenvalue weighted by Gasteiger charge is 2.42. The second-order valence-electron chi connectivity index (χ2n) is 11.0. The number of likely N-dealkylation sites (tertiary alicyclic amines) is 1. The smallest absolute Gasteiger partial charge is 0.246 e. The number of aryl methyl sites for hydroxylation is 1. The van der Waals surface area contributed by atoms with E-state index in [-0.39, 0.29) is 30.7 Å². The van der Waals surface area contributed by atoms with E-state index in [9.17, 15) is 19.5 Å². The summed E-state index contributed by atoms with van der Waals surface area (Å²) in [6, 6.07) is 6.85. The van der Waals surface area contributed by atoms with Crippen LogP contribution < -0.4 is 10.6 Å². The normalized spacial score (nSPS) is 18.3. The van der Waals surface area contributed by atoms with E-state index in [1.54, 1.807) is 16.2 Å². The molecule has 0 spiro atoms. The number of halogens is 1. The van der Waals surface area contributed by atoms with Crippen molar-refractivity contribution in [1.82, 2.24) is 20.5 Å². The molecular weight excluding hydrogens is 568 g/mol. The number of nitrogens with zero attached hydrogens (tertiary/aromatic N) is 2. The standard InChI is InChI=1S/C28H39BrN4O4S/c1-18-25(38-17-31-18)20-10-8-19(9-11-20)15-30-24(36)14-21-13-22(34)16-33(21)27(37)26(28(2,3)4)32-23(35)7-5-6-12-29/h8-11,17,21-22,26,34H,5-7,12-16H2,1-4H3,(H,30,36)(H,32,35)/t21-,22-,26-/m1/s1. The molecule has 0 unspecified atom stereocenters. The number of aliphatic hydroxyl groups excluding tert-OH is 1. The van der Waals surface area contributed by atoms with Gasteiger partial charge in [-0.15, -0.1) is 11.3 Å². The SMILES string of the molecule is Cc1ncsc1-c1ccc(CNC(=O)C[C@H]2C[C@@H](O)CN2C(=O)[C@@H](NC(=O)CCCCBr)C(C)(C)C)cc1. The molecule has 1 aliphatic heterocycles. The lowest BCUT2D eigenvalue weighted by Crippen LogP contribution is -2.56. The van der Waals surface area contributed by atoms with E-state index < -0.39 is 23.6 Å². The Morgan fingerprint density at radius 2 is 1.89 bits per heavy atom. The Morgan fingerprint density at radius 3 is 2.50 bits per heavy atom. The molecule has 38 heavy (non-hydrogen) atoms. The van der Waals surface area contributed by atoms with E-state index in [2.05, 4.69) is 31.5 Å². The van der Waals surface area contributed by atoms with E-state index in [0.717, 1.165) is 39.9 Å². The number of benzene rings is 1. The fourth-order valence-corrected chi connectivity index (χ4v) is 5.83. The number of alkyl halides is 1. The first-order valence-electron chi connectivity index (χ1n) is 13.1. The Morgan fingerprint density at radius 1 is 1.18 bits per heavy atom. The summed E-state index contributed by atoms with van der Waals surface area (Å²) in [7, 11) is 0. The van der Waals surface area contributed by atoms with Gasteiger partial charge in [-0.1, -0.05) is 61.0 Å². The first-order valence-corrected chi connectivity index (χ1v) is 15.1. The molecule has 1 aromatic carbocycles. The van der Waals surface area contributed by atoms with Crippen LogP contribution in [0.3, 0.4) is 0 Å². The maximum Gasteiger partial charge on any atom is 0.246 e. The lowest BCUT2D eigenvalue weighted by atomic mass is 9.85.